The molecule has 0 aliphatic heterocycles. The predicted molar refractivity (Wildman–Crippen MR) is 77.0 cm³/mol. The SMILES string of the molecule is Cn1ncc2cc(C(N)=O)c(OC3CC4(CCC4)C3)nc21. The maximum absolute atomic E-state index is 11.6. The van der Waals surface area contributed by atoms with E-state index in [0.717, 1.165) is 18.2 Å². The number of nitrogens with zero attached hydrogens (tertiary/aromatic N) is 3. The Morgan fingerprint density at radius 1 is 1.48 bits per heavy atom. The number of aryl methyl sites for hydroxylation is 1. The molecule has 0 unspecified atom stereocenters. The number of carbonyl (C=O) groups is 1. The van der Waals surface area contributed by atoms with Gasteiger partial charge in [-0.3, -0.25) is 9.48 Å². The molecule has 2 heterocycles. The molecule has 1 spiro atoms. The van der Waals surface area contributed by atoms with Crippen LogP contribution in [0.25, 0.3) is 11.0 Å². The summed E-state index contributed by atoms with van der Waals surface area (Å²) in [4.78, 5) is 16.1. The predicted octanol–water partition coefficient (Wildman–Crippen LogP) is 1.78. The van der Waals surface area contributed by atoms with Crippen LogP contribution >= 0.6 is 0 Å². The molecule has 0 saturated heterocycles. The van der Waals surface area contributed by atoms with Crippen molar-refractivity contribution < 1.29 is 9.53 Å². The lowest BCUT2D eigenvalue weighted by Crippen LogP contribution is -2.48. The third kappa shape index (κ3) is 1.89. The van der Waals surface area contributed by atoms with Crippen LogP contribution in [0.3, 0.4) is 0 Å². The number of fused-ring (bicyclic) bond motifs is 1. The summed E-state index contributed by atoms with van der Waals surface area (Å²) in [5.41, 5.74) is 7.01. The summed E-state index contributed by atoms with van der Waals surface area (Å²) in [5.74, 6) is -0.168. The van der Waals surface area contributed by atoms with Crippen molar-refractivity contribution in [1.82, 2.24) is 14.8 Å². The van der Waals surface area contributed by atoms with Gasteiger partial charge in [-0.2, -0.15) is 10.1 Å². The van der Waals surface area contributed by atoms with Crippen LogP contribution in [0.2, 0.25) is 0 Å². The van der Waals surface area contributed by atoms with Crippen molar-refractivity contribution in [3.63, 3.8) is 0 Å². The zero-order valence-corrected chi connectivity index (χ0v) is 12.0. The lowest BCUT2D eigenvalue weighted by molar-refractivity contribution is -0.0697. The lowest BCUT2D eigenvalue weighted by atomic mass is 9.55. The molecule has 2 saturated carbocycles. The highest BCUT2D eigenvalue weighted by Crippen LogP contribution is 2.56. The average Bonchev–Trinajstić information content (AvgIpc) is 2.71. The number of amides is 1. The largest absolute Gasteiger partial charge is 0.474 e. The summed E-state index contributed by atoms with van der Waals surface area (Å²) in [6, 6.07) is 1.71. The van der Waals surface area contributed by atoms with E-state index in [9.17, 15) is 4.79 Å². The quantitative estimate of drug-likeness (QED) is 0.932. The molecule has 0 aromatic carbocycles. The summed E-state index contributed by atoms with van der Waals surface area (Å²) in [6.45, 7) is 0. The van der Waals surface area contributed by atoms with E-state index in [1.165, 1.54) is 19.3 Å². The molecule has 0 radical (unpaired) electrons. The Kier molecular flexibility index (Phi) is 2.52. The van der Waals surface area contributed by atoms with E-state index in [-0.39, 0.29) is 6.10 Å². The Hall–Kier alpha value is -2.11. The van der Waals surface area contributed by atoms with E-state index in [1.54, 1.807) is 16.9 Å². The van der Waals surface area contributed by atoms with Crippen molar-refractivity contribution in [3.05, 3.63) is 17.8 Å². The Morgan fingerprint density at radius 3 is 2.86 bits per heavy atom. The van der Waals surface area contributed by atoms with E-state index < -0.39 is 5.91 Å². The molecule has 1 amide bonds. The van der Waals surface area contributed by atoms with Crippen molar-refractivity contribution in [2.75, 3.05) is 0 Å². The van der Waals surface area contributed by atoms with Crippen LogP contribution < -0.4 is 10.5 Å². The van der Waals surface area contributed by atoms with Gasteiger partial charge in [0.2, 0.25) is 5.88 Å². The first-order valence-electron chi connectivity index (χ1n) is 7.36. The van der Waals surface area contributed by atoms with Crippen LogP contribution in [0, 0.1) is 5.41 Å². The number of hydrogen-bond donors (Lipinski definition) is 1. The normalized spacial score (nSPS) is 20.2. The van der Waals surface area contributed by atoms with E-state index in [4.69, 9.17) is 10.5 Å². The molecule has 2 aliphatic rings. The van der Waals surface area contributed by atoms with E-state index in [0.29, 0.717) is 22.5 Å². The number of rotatable bonds is 3. The molecule has 6 nitrogen and oxygen atoms in total. The fourth-order valence-corrected chi connectivity index (χ4v) is 3.56. The van der Waals surface area contributed by atoms with Crippen LogP contribution in [0.4, 0.5) is 0 Å². The Bertz CT molecular complexity index is 725. The van der Waals surface area contributed by atoms with Crippen LogP contribution in [-0.4, -0.2) is 26.8 Å². The summed E-state index contributed by atoms with van der Waals surface area (Å²) < 4.78 is 7.62. The fourth-order valence-electron chi connectivity index (χ4n) is 3.56. The highest BCUT2D eigenvalue weighted by Gasteiger charge is 2.49. The summed E-state index contributed by atoms with van der Waals surface area (Å²) in [7, 11) is 1.82. The second-order valence-electron chi connectivity index (χ2n) is 6.39. The first-order valence-corrected chi connectivity index (χ1v) is 7.36. The molecule has 21 heavy (non-hydrogen) atoms. The van der Waals surface area contributed by atoms with E-state index in [2.05, 4.69) is 10.1 Å². The topological polar surface area (TPSA) is 83.0 Å². The lowest BCUT2D eigenvalue weighted by Gasteiger charge is -2.53. The molecule has 2 fully saturated rings. The Morgan fingerprint density at radius 2 is 2.24 bits per heavy atom. The summed E-state index contributed by atoms with van der Waals surface area (Å²) >= 11 is 0. The average molecular weight is 286 g/mol. The highest BCUT2D eigenvalue weighted by molar-refractivity contribution is 5.98. The van der Waals surface area contributed by atoms with Gasteiger partial charge in [0.1, 0.15) is 11.7 Å². The van der Waals surface area contributed by atoms with Crippen molar-refractivity contribution in [1.29, 1.82) is 0 Å². The van der Waals surface area contributed by atoms with E-state index in [1.807, 2.05) is 7.05 Å². The zero-order valence-electron chi connectivity index (χ0n) is 12.0. The molecule has 110 valence electrons. The third-order valence-electron chi connectivity index (χ3n) is 4.95. The highest BCUT2D eigenvalue weighted by atomic mass is 16.5. The number of aromatic nitrogens is 3. The molecule has 2 N–H and O–H groups in total. The van der Waals surface area contributed by atoms with Gasteiger partial charge in [0, 0.05) is 12.4 Å². The summed E-state index contributed by atoms with van der Waals surface area (Å²) in [5, 5.41) is 4.94. The fraction of sp³-hybridized carbons (Fsp3) is 0.533. The monoisotopic (exact) mass is 286 g/mol. The first-order chi connectivity index (χ1) is 10.1. The molecule has 0 atom stereocenters. The zero-order chi connectivity index (χ0) is 14.6. The van der Waals surface area contributed by atoms with Crippen molar-refractivity contribution in [3.8, 4) is 5.88 Å². The van der Waals surface area contributed by atoms with Crippen molar-refractivity contribution in [2.24, 2.45) is 18.2 Å². The molecule has 4 rings (SSSR count). The van der Waals surface area contributed by atoms with Crippen LogP contribution in [-0.2, 0) is 7.05 Å². The Balaban J connectivity index is 1.64. The molecule has 2 aromatic heterocycles. The molecule has 6 heteroatoms. The number of carbonyl (C=O) groups excluding carboxylic acids is 1. The molecule has 0 bridgehead atoms. The van der Waals surface area contributed by atoms with Crippen LogP contribution in [0.15, 0.2) is 12.3 Å². The number of primary amides is 1. The van der Waals surface area contributed by atoms with Gasteiger partial charge in [-0.1, -0.05) is 6.42 Å². The van der Waals surface area contributed by atoms with Gasteiger partial charge in [0.05, 0.1) is 6.20 Å². The van der Waals surface area contributed by atoms with Crippen molar-refractivity contribution in [2.45, 2.75) is 38.2 Å². The standard InChI is InChI=1S/C15H18N4O2/c1-19-13-9(8-17-19)5-11(12(16)20)14(18-13)21-10-6-15(7-10)3-2-4-15/h5,8,10H,2-4,6-7H2,1H3,(H2,16,20). The summed E-state index contributed by atoms with van der Waals surface area (Å²) in [6.07, 6.45) is 7.91. The van der Waals surface area contributed by atoms with Crippen LogP contribution in [0.1, 0.15) is 42.5 Å². The van der Waals surface area contributed by atoms with Gasteiger partial charge in [0.25, 0.3) is 5.91 Å². The van der Waals surface area contributed by atoms with Gasteiger partial charge >= 0.3 is 0 Å². The number of hydrogen-bond acceptors (Lipinski definition) is 4. The van der Waals surface area contributed by atoms with E-state index >= 15 is 0 Å². The molecular formula is C15H18N4O2. The van der Waals surface area contributed by atoms with Gasteiger partial charge < -0.3 is 10.5 Å². The van der Waals surface area contributed by atoms with Gasteiger partial charge in [-0.25, -0.2) is 0 Å². The molecular weight excluding hydrogens is 268 g/mol. The number of pyridine rings is 1. The minimum Gasteiger partial charge on any atom is -0.474 e. The smallest absolute Gasteiger partial charge is 0.254 e. The van der Waals surface area contributed by atoms with Gasteiger partial charge in [0.15, 0.2) is 5.65 Å². The maximum Gasteiger partial charge on any atom is 0.254 e. The van der Waals surface area contributed by atoms with Crippen LogP contribution in [0.5, 0.6) is 5.88 Å². The van der Waals surface area contributed by atoms with Gasteiger partial charge in [-0.05, 0) is 37.2 Å². The number of ether oxygens (including phenoxy) is 1. The first kappa shape index (κ1) is 12.6. The second-order valence-corrected chi connectivity index (χ2v) is 6.39. The van der Waals surface area contributed by atoms with Crippen molar-refractivity contribution >= 4 is 16.9 Å². The molecule has 2 aromatic rings. The molecule has 2 aliphatic carbocycles. The minimum atomic E-state index is -0.513. The third-order valence-corrected chi connectivity index (χ3v) is 4.95. The number of nitrogens with two attached hydrogens (primary N) is 1. The minimum absolute atomic E-state index is 0.154. The Labute approximate surface area is 122 Å². The van der Waals surface area contributed by atoms with Gasteiger partial charge in [-0.15, -0.1) is 0 Å². The second kappa shape index (κ2) is 4.19. The maximum atomic E-state index is 11.6.